The number of nitrogens with zero attached hydrogens (tertiary/aromatic N) is 5. The number of aliphatic carboxylic acids is 1. The van der Waals surface area contributed by atoms with Crippen molar-refractivity contribution in [3.63, 3.8) is 0 Å². The Bertz CT molecular complexity index is 2360. The number of hydrogen-bond acceptors (Lipinski definition) is 15. The quantitative estimate of drug-likeness (QED) is 0.0940. The number of nitrogens with two attached hydrogens (primary N) is 2. The van der Waals surface area contributed by atoms with Crippen molar-refractivity contribution in [3.05, 3.63) is 65.5 Å². The summed E-state index contributed by atoms with van der Waals surface area (Å²) >= 11 is 3.26. The molecule has 2 aromatic heterocycles. The highest BCUT2D eigenvalue weighted by Crippen LogP contribution is 2.70. The van der Waals surface area contributed by atoms with Gasteiger partial charge in [-0.3, -0.25) is 14.4 Å². The van der Waals surface area contributed by atoms with E-state index in [2.05, 4.69) is 30.6 Å². The molecule has 19 heteroatoms. The van der Waals surface area contributed by atoms with Crippen LogP contribution in [-0.4, -0.2) is 119 Å². The number of nitrogens with one attached hydrogen (secondary N) is 2. The van der Waals surface area contributed by atoms with E-state index in [1.54, 1.807) is 67.0 Å². The van der Waals surface area contributed by atoms with Crippen molar-refractivity contribution in [2.24, 2.45) is 28.6 Å². The number of halogens is 1. The number of carboxylic acid groups (broad SMARTS) is 1. The molecule has 9 N–H and O–H groups in total. The van der Waals surface area contributed by atoms with Crippen molar-refractivity contribution < 1.29 is 38.9 Å². The zero-order chi connectivity index (χ0) is 46.2. The molecule has 4 aliphatic rings. The van der Waals surface area contributed by atoms with Crippen molar-refractivity contribution in [1.29, 1.82) is 0 Å². The number of alkyl halides is 1. The summed E-state index contributed by atoms with van der Waals surface area (Å²) in [6.45, 7) is 6.13. The standard InChI is InChI=1S/C45H58FN9O7S2/c1-25-20-32-31-11-8-27-21-30(56)12-14-42(27,2)44(31,46)34(57)22-43(32,3)45(25,62)40(61)49-15-19-64-17-5-16-63-18-13-33(39(59)60)52-38(58)26-6-9-29(10-7-26)55(4)24-28-23-50-37-35(51-28)36(47)53-41(48)54-37/h6-7,9-10,12,14,21,23,25,31-34,57,62H,5,8,11,13,15-20,22,24H2,1-4H3,(H,49,61)(H,52,58)(H,59,60)(H4,47,48,50,53,54)/t25-,31?,32+,33+,34+,42+,43+,44+,45+/m1/s1. The molecule has 0 aliphatic heterocycles. The van der Waals surface area contributed by atoms with Crippen molar-refractivity contribution in [3.8, 4) is 0 Å². The molecule has 7 rings (SSSR count). The Balaban J connectivity index is 0.805. The second kappa shape index (κ2) is 18.6. The first-order chi connectivity index (χ1) is 30.3. The topological polar surface area (TPSA) is 260 Å². The minimum atomic E-state index is -2.03. The van der Waals surface area contributed by atoms with Crippen LogP contribution in [0.15, 0.2) is 54.3 Å². The van der Waals surface area contributed by atoms with E-state index in [1.165, 1.54) is 12.2 Å². The molecule has 1 unspecified atom stereocenters. The number of aromatic nitrogens is 4. The zero-order valence-corrected chi connectivity index (χ0v) is 38.2. The van der Waals surface area contributed by atoms with Gasteiger partial charge in [-0.15, -0.1) is 0 Å². The largest absolute Gasteiger partial charge is 0.480 e. The van der Waals surface area contributed by atoms with Gasteiger partial charge in [-0.25, -0.2) is 19.2 Å². The first kappa shape index (κ1) is 47.1. The number of fused-ring (bicyclic) bond motifs is 6. The molecule has 3 saturated carbocycles. The number of carboxylic acids is 1. The minimum absolute atomic E-state index is 0.0148. The van der Waals surface area contributed by atoms with Gasteiger partial charge in [-0.05, 0) is 111 Å². The van der Waals surface area contributed by atoms with Crippen LogP contribution in [0, 0.1) is 28.6 Å². The number of carbonyl (C=O) groups excluding carboxylic acids is 3. The number of aliphatic hydroxyl groups is 2. The Morgan fingerprint density at radius 1 is 1.05 bits per heavy atom. The lowest BCUT2D eigenvalue weighted by atomic mass is 9.44. The van der Waals surface area contributed by atoms with Gasteiger partial charge in [0.2, 0.25) is 5.95 Å². The fraction of sp³-hybridized carbons (Fsp3) is 0.556. The van der Waals surface area contributed by atoms with Crippen molar-refractivity contribution >= 4 is 75.7 Å². The molecule has 2 heterocycles. The molecule has 2 amide bonds. The van der Waals surface area contributed by atoms with Gasteiger partial charge in [-0.2, -0.15) is 33.5 Å². The van der Waals surface area contributed by atoms with Crippen LogP contribution >= 0.6 is 23.5 Å². The lowest BCUT2D eigenvalue weighted by Crippen LogP contribution is -2.70. The lowest BCUT2D eigenvalue weighted by molar-refractivity contribution is -0.219. The van der Waals surface area contributed by atoms with Crippen LogP contribution in [0.2, 0.25) is 0 Å². The predicted molar refractivity (Wildman–Crippen MR) is 246 cm³/mol. The lowest BCUT2D eigenvalue weighted by Gasteiger charge is -2.62. The SMILES string of the molecule is C[C@@H]1C[C@H]2C3CCC4=CC(=O)C=C[C@]4(C)[C@@]3(F)[C@@H](O)C[C@]2(C)[C@@]1(O)C(=O)NCCSCCCSCC[C@H](NC(=O)c1ccc(N(C)Cc2cnc3nc(N)nc(N)c3n2)cc1)C(=O)O. The third-order valence-electron chi connectivity index (χ3n) is 14.3. The van der Waals surface area contributed by atoms with Gasteiger partial charge in [0, 0.05) is 47.3 Å². The van der Waals surface area contributed by atoms with Gasteiger partial charge >= 0.3 is 5.97 Å². The third kappa shape index (κ3) is 8.55. The zero-order valence-electron chi connectivity index (χ0n) is 36.6. The molecule has 3 fully saturated rings. The third-order valence-corrected chi connectivity index (χ3v) is 16.5. The minimum Gasteiger partial charge on any atom is -0.480 e. The molecule has 64 heavy (non-hydrogen) atoms. The maximum absolute atomic E-state index is 17.5. The smallest absolute Gasteiger partial charge is 0.326 e. The van der Waals surface area contributed by atoms with Gasteiger partial charge in [0.1, 0.15) is 6.04 Å². The molecule has 4 aliphatic carbocycles. The molecule has 344 valence electrons. The summed E-state index contributed by atoms with van der Waals surface area (Å²) < 4.78 is 17.5. The van der Waals surface area contributed by atoms with Crippen LogP contribution in [0.3, 0.4) is 0 Å². The van der Waals surface area contributed by atoms with E-state index in [0.29, 0.717) is 71.9 Å². The molecule has 0 spiro atoms. The van der Waals surface area contributed by atoms with Crippen LogP contribution in [0.1, 0.15) is 75.3 Å². The molecule has 1 aromatic carbocycles. The van der Waals surface area contributed by atoms with Gasteiger partial charge in [-0.1, -0.05) is 25.5 Å². The Morgan fingerprint density at radius 3 is 2.48 bits per heavy atom. The van der Waals surface area contributed by atoms with Gasteiger partial charge in [0.25, 0.3) is 11.8 Å². The molecular weight excluding hydrogens is 862 g/mol. The van der Waals surface area contributed by atoms with Crippen LogP contribution in [-0.2, 0) is 20.9 Å². The first-order valence-corrected chi connectivity index (χ1v) is 24.0. The molecule has 16 nitrogen and oxygen atoms in total. The fourth-order valence-electron chi connectivity index (χ4n) is 10.8. The van der Waals surface area contributed by atoms with Crippen LogP contribution in [0.25, 0.3) is 11.2 Å². The molecular formula is C45H58FN9O7S2. The summed E-state index contributed by atoms with van der Waals surface area (Å²) in [6, 6.07) is 5.73. The van der Waals surface area contributed by atoms with E-state index in [9.17, 15) is 34.5 Å². The summed E-state index contributed by atoms with van der Waals surface area (Å²) in [4.78, 5) is 69.7. The van der Waals surface area contributed by atoms with Crippen LogP contribution < -0.4 is 27.0 Å². The maximum atomic E-state index is 17.5. The molecule has 0 bridgehead atoms. The number of carbonyl (C=O) groups is 4. The molecule has 0 radical (unpaired) electrons. The van der Waals surface area contributed by atoms with E-state index in [-0.39, 0.29) is 36.3 Å². The number of aliphatic hydroxyl groups excluding tert-OH is 1. The Morgan fingerprint density at radius 2 is 1.77 bits per heavy atom. The number of ketones is 1. The van der Waals surface area contributed by atoms with Crippen molar-refractivity contribution in [1.82, 2.24) is 30.6 Å². The summed E-state index contributed by atoms with van der Waals surface area (Å²) in [5, 5.41) is 39.2. The summed E-state index contributed by atoms with van der Waals surface area (Å²) in [6.07, 6.45) is 7.07. The van der Waals surface area contributed by atoms with E-state index >= 15 is 4.39 Å². The monoisotopic (exact) mass is 919 g/mol. The Labute approximate surface area is 380 Å². The fourth-order valence-corrected chi connectivity index (χ4v) is 12.8. The summed E-state index contributed by atoms with van der Waals surface area (Å²) in [5.74, 6) is -0.746. The van der Waals surface area contributed by atoms with Gasteiger partial charge in [0.05, 0.1) is 24.5 Å². The van der Waals surface area contributed by atoms with Gasteiger partial charge in [0.15, 0.2) is 34.0 Å². The van der Waals surface area contributed by atoms with Crippen molar-refractivity contribution in [2.75, 3.05) is 53.0 Å². The highest BCUT2D eigenvalue weighted by atomic mass is 32.2. The molecule has 9 atom stereocenters. The highest BCUT2D eigenvalue weighted by molar-refractivity contribution is 8.00. The van der Waals surface area contributed by atoms with Crippen molar-refractivity contribution in [2.45, 2.75) is 89.3 Å². The number of amides is 2. The normalized spacial score (nSPS) is 29.9. The van der Waals surface area contributed by atoms with E-state index in [4.69, 9.17) is 11.5 Å². The number of rotatable bonds is 17. The Hall–Kier alpha value is -4.85. The molecule has 3 aromatic rings. The highest BCUT2D eigenvalue weighted by Gasteiger charge is 2.75. The number of hydrogen-bond donors (Lipinski definition) is 7. The second-order valence-corrected chi connectivity index (χ2v) is 20.5. The predicted octanol–water partition coefficient (Wildman–Crippen LogP) is 4.11. The van der Waals surface area contributed by atoms with Crippen LogP contribution in [0.4, 0.5) is 21.8 Å². The van der Waals surface area contributed by atoms with E-state index < -0.39 is 63.9 Å². The second-order valence-electron chi connectivity index (χ2n) is 18.1. The number of anilines is 3. The number of benzene rings is 1. The number of thioether (sulfide) groups is 2. The maximum Gasteiger partial charge on any atom is 0.326 e. The Kier molecular flexibility index (Phi) is 13.7. The first-order valence-electron chi connectivity index (χ1n) is 21.7. The van der Waals surface area contributed by atoms with E-state index in [0.717, 1.165) is 23.6 Å². The van der Waals surface area contributed by atoms with Crippen LogP contribution in [0.5, 0.6) is 0 Å². The summed E-state index contributed by atoms with van der Waals surface area (Å²) in [7, 11) is 1.85. The average molecular weight is 920 g/mol. The molecule has 0 saturated heterocycles. The average Bonchev–Trinajstić information content (AvgIpc) is 3.45. The number of allylic oxidation sites excluding steroid dienone is 4. The number of nitrogen functional groups attached to an aromatic ring is 2. The van der Waals surface area contributed by atoms with Gasteiger partial charge < -0.3 is 42.3 Å². The van der Waals surface area contributed by atoms with E-state index in [1.807, 2.05) is 25.8 Å². The summed E-state index contributed by atoms with van der Waals surface area (Å²) in [5.41, 5.74) is 8.67.